The largest absolute Gasteiger partial charge is 0.396 e. The van der Waals surface area contributed by atoms with Crippen molar-refractivity contribution in [3.8, 4) is 0 Å². The first-order chi connectivity index (χ1) is 8.70. The normalized spacial score (nSPS) is 21.2. The van der Waals surface area contributed by atoms with Crippen molar-refractivity contribution in [2.45, 2.75) is 38.3 Å². The average Bonchev–Trinajstić information content (AvgIpc) is 2.37. The molecular formula is C14H19Cl2NO. The molecule has 1 heterocycles. The third-order valence-corrected chi connectivity index (χ3v) is 4.32. The maximum absolute atomic E-state index is 9.12. The Hall–Kier alpha value is -0.280. The van der Waals surface area contributed by atoms with Gasteiger partial charge in [0.1, 0.15) is 0 Å². The van der Waals surface area contributed by atoms with Crippen LogP contribution in [0.2, 0.25) is 10.0 Å². The van der Waals surface area contributed by atoms with Gasteiger partial charge in [0.25, 0.3) is 0 Å². The zero-order valence-electron chi connectivity index (χ0n) is 10.4. The predicted molar refractivity (Wildman–Crippen MR) is 76.2 cm³/mol. The molecule has 1 aliphatic rings. The molecule has 100 valence electrons. The Kier molecular flexibility index (Phi) is 5.31. The van der Waals surface area contributed by atoms with Gasteiger partial charge in [-0.25, -0.2) is 0 Å². The summed E-state index contributed by atoms with van der Waals surface area (Å²) < 4.78 is 0. The van der Waals surface area contributed by atoms with E-state index in [2.05, 4.69) is 4.90 Å². The lowest BCUT2D eigenvalue weighted by molar-refractivity contribution is 0.112. The molecule has 1 aromatic carbocycles. The fraction of sp³-hybridized carbons (Fsp3) is 0.571. The first-order valence-corrected chi connectivity index (χ1v) is 7.25. The molecule has 18 heavy (non-hydrogen) atoms. The number of aliphatic hydroxyl groups is 1. The third kappa shape index (κ3) is 3.61. The summed E-state index contributed by atoms with van der Waals surface area (Å²) in [6, 6.07) is 6.32. The molecule has 0 saturated carbocycles. The highest BCUT2D eigenvalue weighted by Gasteiger charge is 2.21. The van der Waals surface area contributed by atoms with Gasteiger partial charge in [0.05, 0.1) is 10.0 Å². The minimum absolute atomic E-state index is 0.266. The summed E-state index contributed by atoms with van der Waals surface area (Å²) in [6.07, 6.45) is 4.55. The zero-order valence-corrected chi connectivity index (χ0v) is 11.9. The highest BCUT2D eigenvalue weighted by molar-refractivity contribution is 6.42. The van der Waals surface area contributed by atoms with Crippen LogP contribution in [0.25, 0.3) is 0 Å². The molecular weight excluding hydrogens is 269 g/mol. The van der Waals surface area contributed by atoms with E-state index in [1.165, 1.54) is 24.8 Å². The van der Waals surface area contributed by atoms with Crippen molar-refractivity contribution in [2.75, 3.05) is 13.2 Å². The standard InChI is InChI=1S/C14H19Cl2NO/c15-13-5-4-11(9-14(13)16)10-17-7-2-1-3-12(17)6-8-18/h4-5,9,12,18H,1-3,6-8,10H2/t12-/m0/s1. The number of nitrogens with zero attached hydrogens (tertiary/aromatic N) is 1. The quantitative estimate of drug-likeness (QED) is 0.912. The molecule has 1 saturated heterocycles. The topological polar surface area (TPSA) is 23.5 Å². The van der Waals surface area contributed by atoms with Gasteiger partial charge in [-0.1, -0.05) is 35.7 Å². The lowest BCUT2D eigenvalue weighted by Crippen LogP contribution is -2.39. The van der Waals surface area contributed by atoms with E-state index in [1.807, 2.05) is 18.2 Å². The van der Waals surface area contributed by atoms with Gasteiger partial charge in [-0.2, -0.15) is 0 Å². The lowest BCUT2D eigenvalue weighted by atomic mass is 9.99. The molecule has 0 aromatic heterocycles. The van der Waals surface area contributed by atoms with Gasteiger partial charge < -0.3 is 5.11 Å². The van der Waals surface area contributed by atoms with E-state index in [4.69, 9.17) is 28.3 Å². The fourth-order valence-electron chi connectivity index (χ4n) is 2.62. The SMILES string of the molecule is OCC[C@@H]1CCCCN1Cc1ccc(Cl)c(Cl)c1. The van der Waals surface area contributed by atoms with Gasteiger partial charge in [0.15, 0.2) is 0 Å². The number of likely N-dealkylation sites (tertiary alicyclic amines) is 1. The van der Waals surface area contributed by atoms with Crippen LogP contribution < -0.4 is 0 Å². The lowest BCUT2D eigenvalue weighted by Gasteiger charge is -2.35. The molecule has 1 N–H and O–H groups in total. The molecule has 2 nitrogen and oxygen atoms in total. The number of piperidine rings is 1. The van der Waals surface area contributed by atoms with Gasteiger partial charge in [0.2, 0.25) is 0 Å². The van der Waals surface area contributed by atoms with E-state index in [0.29, 0.717) is 16.1 Å². The van der Waals surface area contributed by atoms with Crippen molar-refractivity contribution in [3.63, 3.8) is 0 Å². The van der Waals surface area contributed by atoms with Gasteiger partial charge in [-0.05, 0) is 43.5 Å². The summed E-state index contributed by atoms with van der Waals surface area (Å²) in [5, 5.41) is 10.3. The molecule has 1 aromatic rings. The minimum atomic E-state index is 0.266. The van der Waals surface area contributed by atoms with E-state index >= 15 is 0 Å². The second-order valence-corrected chi connectivity index (χ2v) is 5.70. The summed E-state index contributed by atoms with van der Waals surface area (Å²) in [5.41, 5.74) is 1.19. The number of aliphatic hydroxyl groups excluding tert-OH is 1. The Balaban J connectivity index is 2.03. The molecule has 0 radical (unpaired) electrons. The second kappa shape index (κ2) is 6.76. The molecule has 0 aliphatic carbocycles. The Labute approximate surface area is 119 Å². The van der Waals surface area contributed by atoms with Crippen molar-refractivity contribution in [3.05, 3.63) is 33.8 Å². The summed E-state index contributed by atoms with van der Waals surface area (Å²) in [6.45, 7) is 2.26. The predicted octanol–water partition coefficient (Wildman–Crippen LogP) is 3.73. The smallest absolute Gasteiger partial charge is 0.0595 e. The fourth-order valence-corrected chi connectivity index (χ4v) is 2.94. The van der Waals surface area contributed by atoms with E-state index in [-0.39, 0.29) is 6.61 Å². The Morgan fingerprint density at radius 3 is 2.78 bits per heavy atom. The van der Waals surface area contributed by atoms with E-state index < -0.39 is 0 Å². The Morgan fingerprint density at radius 2 is 2.06 bits per heavy atom. The van der Waals surface area contributed by atoms with Gasteiger partial charge in [0, 0.05) is 19.2 Å². The van der Waals surface area contributed by atoms with Crippen LogP contribution in [-0.2, 0) is 6.54 Å². The summed E-state index contributed by atoms with van der Waals surface area (Å²) in [5.74, 6) is 0. The molecule has 0 bridgehead atoms. The summed E-state index contributed by atoms with van der Waals surface area (Å²) in [4.78, 5) is 2.44. The first kappa shape index (κ1) is 14.1. The van der Waals surface area contributed by atoms with E-state index in [1.54, 1.807) is 0 Å². The van der Waals surface area contributed by atoms with Crippen LogP contribution in [0.5, 0.6) is 0 Å². The van der Waals surface area contributed by atoms with E-state index in [9.17, 15) is 0 Å². The number of halogens is 2. The first-order valence-electron chi connectivity index (χ1n) is 6.49. The molecule has 1 aliphatic heterocycles. The van der Waals surface area contributed by atoms with Crippen LogP contribution in [0.3, 0.4) is 0 Å². The van der Waals surface area contributed by atoms with Gasteiger partial charge in [-0.3, -0.25) is 4.90 Å². The van der Waals surface area contributed by atoms with Crippen LogP contribution in [0.15, 0.2) is 18.2 Å². The monoisotopic (exact) mass is 287 g/mol. The zero-order chi connectivity index (χ0) is 13.0. The molecule has 2 rings (SSSR count). The number of hydrogen-bond donors (Lipinski definition) is 1. The van der Waals surface area contributed by atoms with Crippen LogP contribution >= 0.6 is 23.2 Å². The molecule has 1 fully saturated rings. The van der Waals surface area contributed by atoms with Gasteiger partial charge in [-0.15, -0.1) is 0 Å². The molecule has 1 atom stereocenters. The van der Waals surface area contributed by atoms with Crippen LogP contribution in [0, 0.1) is 0 Å². The number of hydrogen-bond acceptors (Lipinski definition) is 2. The second-order valence-electron chi connectivity index (χ2n) is 4.88. The maximum Gasteiger partial charge on any atom is 0.0595 e. The minimum Gasteiger partial charge on any atom is -0.396 e. The molecule has 0 spiro atoms. The third-order valence-electron chi connectivity index (χ3n) is 3.58. The summed E-state index contributed by atoms with van der Waals surface area (Å²) >= 11 is 12.0. The number of benzene rings is 1. The highest BCUT2D eigenvalue weighted by Crippen LogP contribution is 2.26. The van der Waals surface area contributed by atoms with Crippen LogP contribution in [-0.4, -0.2) is 29.2 Å². The van der Waals surface area contributed by atoms with E-state index in [0.717, 1.165) is 19.5 Å². The van der Waals surface area contributed by atoms with Gasteiger partial charge >= 0.3 is 0 Å². The summed E-state index contributed by atoms with van der Waals surface area (Å²) in [7, 11) is 0. The number of rotatable bonds is 4. The van der Waals surface area contributed by atoms with Crippen molar-refractivity contribution in [1.82, 2.24) is 4.90 Å². The average molecular weight is 288 g/mol. The van der Waals surface area contributed by atoms with Crippen LogP contribution in [0.4, 0.5) is 0 Å². The maximum atomic E-state index is 9.12. The van der Waals surface area contributed by atoms with Crippen molar-refractivity contribution in [2.24, 2.45) is 0 Å². The Bertz CT molecular complexity index is 395. The van der Waals surface area contributed by atoms with Crippen molar-refractivity contribution >= 4 is 23.2 Å². The highest BCUT2D eigenvalue weighted by atomic mass is 35.5. The Morgan fingerprint density at radius 1 is 1.22 bits per heavy atom. The molecule has 0 unspecified atom stereocenters. The van der Waals surface area contributed by atoms with Crippen molar-refractivity contribution in [1.29, 1.82) is 0 Å². The molecule has 4 heteroatoms. The van der Waals surface area contributed by atoms with Crippen LogP contribution in [0.1, 0.15) is 31.2 Å². The van der Waals surface area contributed by atoms with Crippen molar-refractivity contribution < 1.29 is 5.11 Å². The molecule has 0 amide bonds.